The maximum Gasteiger partial charge on any atom is 0.169 e. The van der Waals surface area contributed by atoms with Gasteiger partial charge in [-0.1, -0.05) is 24.9 Å². The lowest BCUT2D eigenvalue weighted by Gasteiger charge is -2.24. The van der Waals surface area contributed by atoms with Crippen molar-refractivity contribution < 1.29 is 9.53 Å². The van der Waals surface area contributed by atoms with Crippen LogP contribution in [0.2, 0.25) is 5.15 Å². The number of aldehydes is 1. The summed E-state index contributed by atoms with van der Waals surface area (Å²) in [5, 5.41) is 3.73. The molecule has 1 unspecified atom stereocenters. The van der Waals surface area contributed by atoms with Crippen molar-refractivity contribution in [1.29, 1.82) is 0 Å². The van der Waals surface area contributed by atoms with Crippen LogP contribution in [0.25, 0.3) is 0 Å². The van der Waals surface area contributed by atoms with Crippen molar-refractivity contribution in [2.24, 2.45) is 0 Å². The highest BCUT2D eigenvalue weighted by molar-refractivity contribution is 6.31. The molecule has 1 fully saturated rings. The molecule has 112 valence electrons. The lowest BCUT2D eigenvalue weighted by Crippen LogP contribution is -2.41. The Morgan fingerprint density at radius 2 is 2.45 bits per heavy atom. The summed E-state index contributed by atoms with van der Waals surface area (Å²) in [5.41, 5.74) is 0.495. The van der Waals surface area contributed by atoms with E-state index in [1.807, 2.05) is 4.57 Å². The first-order valence-electron chi connectivity index (χ1n) is 7.27. The number of nitrogens with zero attached hydrogens (tertiary/aromatic N) is 2. The zero-order chi connectivity index (χ0) is 14.4. The zero-order valence-corrected chi connectivity index (χ0v) is 12.7. The number of carbonyl (C=O) groups excluding carboxylic acids is 1. The Kier molecular flexibility index (Phi) is 6.01. The van der Waals surface area contributed by atoms with Gasteiger partial charge in [0, 0.05) is 25.6 Å². The monoisotopic (exact) mass is 299 g/mol. The maximum absolute atomic E-state index is 11.2. The van der Waals surface area contributed by atoms with Crippen LogP contribution < -0.4 is 5.32 Å². The van der Waals surface area contributed by atoms with Gasteiger partial charge in [0.05, 0.1) is 13.2 Å². The minimum Gasteiger partial charge on any atom is -0.379 e. The van der Waals surface area contributed by atoms with Crippen molar-refractivity contribution in [3.8, 4) is 0 Å². The number of carbonyl (C=O) groups is 1. The van der Waals surface area contributed by atoms with E-state index < -0.39 is 0 Å². The molecule has 1 aromatic rings. The molecule has 5 nitrogen and oxygen atoms in total. The van der Waals surface area contributed by atoms with Gasteiger partial charge < -0.3 is 14.6 Å². The molecule has 0 saturated carbocycles. The van der Waals surface area contributed by atoms with E-state index in [-0.39, 0.29) is 0 Å². The van der Waals surface area contributed by atoms with Gasteiger partial charge >= 0.3 is 0 Å². The normalized spacial score (nSPS) is 19.2. The topological polar surface area (TPSA) is 56.2 Å². The van der Waals surface area contributed by atoms with Crippen LogP contribution in [0.5, 0.6) is 0 Å². The summed E-state index contributed by atoms with van der Waals surface area (Å²) in [7, 11) is 0. The summed E-state index contributed by atoms with van der Waals surface area (Å²) in [5.74, 6) is 0.913. The smallest absolute Gasteiger partial charge is 0.169 e. The number of ether oxygens (including phenoxy) is 1. The summed E-state index contributed by atoms with van der Waals surface area (Å²) in [6.45, 7) is 5.27. The lowest BCUT2D eigenvalue weighted by atomic mass is 10.2. The molecule has 6 heteroatoms. The number of rotatable bonds is 7. The average molecular weight is 300 g/mol. The summed E-state index contributed by atoms with van der Waals surface area (Å²) in [6.07, 6.45) is 4.72. The largest absolute Gasteiger partial charge is 0.379 e. The second-order valence-corrected chi connectivity index (χ2v) is 5.45. The third-order valence-corrected chi connectivity index (χ3v) is 3.88. The van der Waals surface area contributed by atoms with Crippen LogP contribution in [-0.4, -0.2) is 41.6 Å². The van der Waals surface area contributed by atoms with E-state index in [1.54, 1.807) is 0 Å². The molecule has 1 saturated heterocycles. The van der Waals surface area contributed by atoms with E-state index in [0.29, 0.717) is 16.9 Å². The molecule has 0 aromatic carbocycles. The third-order valence-electron chi connectivity index (χ3n) is 3.61. The van der Waals surface area contributed by atoms with E-state index in [9.17, 15) is 4.79 Å². The molecule has 20 heavy (non-hydrogen) atoms. The molecule has 1 N–H and O–H groups in total. The maximum atomic E-state index is 11.2. The number of halogens is 1. The van der Waals surface area contributed by atoms with Gasteiger partial charge in [-0.05, 0) is 12.8 Å². The van der Waals surface area contributed by atoms with E-state index in [4.69, 9.17) is 16.3 Å². The number of aryl methyl sites for hydroxylation is 1. The molecule has 1 aliphatic rings. The van der Waals surface area contributed by atoms with Crippen molar-refractivity contribution in [3.63, 3.8) is 0 Å². The van der Waals surface area contributed by atoms with Crippen LogP contribution >= 0.6 is 11.6 Å². The van der Waals surface area contributed by atoms with Gasteiger partial charge in [0.1, 0.15) is 11.5 Å². The fourth-order valence-electron chi connectivity index (χ4n) is 2.46. The number of hydrogen-bond acceptors (Lipinski definition) is 4. The Bertz CT molecular complexity index is 442. The highest BCUT2D eigenvalue weighted by atomic mass is 35.5. The molecule has 1 aromatic heterocycles. The summed E-state index contributed by atoms with van der Waals surface area (Å²) >= 11 is 6.05. The standard InChI is InChI=1S/C14H22ClN3O2/c1-2-3-4-13-17-14(15)12(9-19)18(13)7-5-11-10-20-8-6-16-11/h9,11,16H,2-8,10H2,1H3. The highest BCUT2D eigenvalue weighted by Crippen LogP contribution is 2.18. The predicted octanol–water partition coefficient (Wildman–Crippen LogP) is 2.07. The molecule has 0 aliphatic carbocycles. The van der Waals surface area contributed by atoms with Gasteiger partial charge in [0.15, 0.2) is 11.4 Å². The van der Waals surface area contributed by atoms with E-state index >= 15 is 0 Å². The van der Waals surface area contributed by atoms with Crippen LogP contribution in [0, 0.1) is 0 Å². The summed E-state index contributed by atoms with van der Waals surface area (Å²) in [4.78, 5) is 15.5. The van der Waals surface area contributed by atoms with Crippen LogP contribution in [-0.2, 0) is 17.7 Å². The highest BCUT2D eigenvalue weighted by Gasteiger charge is 2.18. The SMILES string of the molecule is CCCCc1nc(Cl)c(C=O)n1CCC1COCCN1. The Balaban J connectivity index is 2.04. The Labute approximate surface area is 124 Å². The first-order valence-corrected chi connectivity index (χ1v) is 7.65. The number of imidazole rings is 1. The van der Waals surface area contributed by atoms with Gasteiger partial charge in [-0.2, -0.15) is 0 Å². The molecule has 2 rings (SSSR count). The Morgan fingerprint density at radius 3 is 3.10 bits per heavy atom. The van der Waals surface area contributed by atoms with Gasteiger partial charge in [0.25, 0.3) is 0 Å². The second kappa shape index (κ2) is 7.76. The van der Waals surface area contributed by atoms with Crippen molar-refractivity contribution in [2.45, 2.75) is 45.2 Å². The molecule has 0 spiro atoms. The Morgan fingerprint density at radius 1 is 1.60 bits per heavy atom. The van der Waals surface area contributed by atoms with Crippen LogP contribution in [0.4, 0.5) is 0 Å². The molecular weight excluding hydrogens is 278 g/mol. The van der Waals surface area contributed by atoms with Crippen molar-refractivity contribution >= 4 is 17.9 Å². The van der Waals surface area contributed by atoms with Gasteiger partial charge in [-0.15, -0.1) is 0 Å². The molecule has 0 bridgehead atoms. The molecular formula is C14H22ClN3O2. The predicted molar refractivity (Wildman–Crippen MR) is 78.5 cm³/mol. The van der Waals surface area contributed by atoms with Crippen molar-refractivity contribution in [1.82, 2.24) is 14.9 Å². The number of morpholine rings is 1. The fourth-order valence-corrected chi connectivity index (χ4v) is 2.70. The van der Waals surface area contributed by atoms with Crippen LogP contribution in [0.15, 0.2) is 0 Å². The Hall–Kier alpha value is -0.910. The molecule has 0 amide bonds. The number of hydrogen-bond donors (Lipinski definition) is 1. The summed E-state index contributed by atoms with van der Waals surface area (Å²) < 4.78 is 7.40. The first-order chi connectivity index (χ1) is 9.76. The van der Waals surface area contributed by atoms with Crippen molar-refractivity contribution in [2.75, 3.05) is 19.8 Å². The minimum atomic E-state index is 0.318. The van der Waals surface area contributed by atoms with Gasteiger partial charge in [-0.3, -0.25) is 4.79 Å². The van der Waals surface area contributed by atoms with E-state index in [1.165, 1.54) is 0 Å². The first kappa shape index (κ1) is 15.5. The second-order valence-electron chi connectivity index (χ2n) is 5.09. The molecule has 1 aliphatic heterocycles. The summed E-state index contributed by atoms with van der Waals surface area (Å²) in [6, 6.07) is 0.337. The fraction of sp³-hybridized carbons (Fsp3) is 0.714. The zero-order valence-electron chi connectivity index (χ0n) is 11.9. The quantitative estimate of drug-likeness (QED) is 0.783. The minimum absolute atomic E-state index is 0.318. The lowest BCUT2D eigenvalue weighted by molar-refractivity contribution is 0.0726. The molecule has 0 radical (unpaired) electrons. The number of nitrogens with one attached hydrogen (secondary N) is 1. The molecule has 1 atom stereocenters. The van der Waals surface area contributed by atoms with Gasteiger partial charge in [-0.25, -0.2) is 4.98 Å². The average Bonchev–Trinajstić information content (AvgIpc) is 2.79. The van der Waals surface area contributed by atoms with Crippen molar-refractivity contribution in [3.05, 3.63) is 16.7 Å². The molecule has 2 heterocycles. The third kappa shape index (κ3) is 3.81. The van der Waals surface area contributed by atoms with E-state index in [2.05, 4.69) is 17.2 Å². The number of unbranched alkanes of at least 4 members (excludes halogenated alkanes) is 1. The van der Waals surface area contributed by atoms with Gasteiger partial charge in [0.2, 0.25) is 0 Å². The number of aromatic nitrogens is 2. The van der Waals surface area contributed by atoms with Crippen LogP contribution in [0.3, 0.4) is 0 Å². The van der Waals surface area contributed by atoms with Crippen LogP contribution in [0.1, 0.15) is 42.5 Å². The van der Waals surface area contributed by atoms with E-state index in [0.717, 1.165) is 64.1 Å².